The van der Waals surface area contributed by atoms with Crippen molar-refractivity contribution in [2.75, 3.05) is 27.6 Å². The second-order valence-electron chi connectivity index (χ2n) is 9.99. The Labute approximate surface area is 243 Å². The van der Waals surface area contributed by atoms with Crippen LogP contribution in [0.1, 0.15) is 34.9 Å². The third-order valence-electron chi connectivity index (χ3n) is 7.56. The highest BCUT2D eigenvalue weighted by atomic mass is 16.6. The highest BCUT2D eigenvalue weighted by Gasteiger charge is 2.43. The van der Waals surface area contributed by atoms with Crippen molar-refractivity contribution in [2.45, 2.75) is 37.4 Å². The number of aromatic nitrogens is 2. The molecule has 2 heterocycles. The fourth-order valence-corrected chi connectivity index (χ4v) is 5.37. The number of aliphatic hydroxyl groups excluding tert-OH is 1. The van der Waals surface area contributed by atoms with Crippen LogP contribution >= 0.6 is 0 Å². The van der Waals surface area contributed by atoms with Crippen LogP contribution in [0.3, 0.4) is 0 Å². The molecule has 1 unspecified atom stereocenters. The molecule has 2 N–H and O–H groups in total. The van der Waals surface area contributed by atoms with Gasteiger partial charge in [0.25, 0.3) is 5.56 Å². The monoisotopic (exact) mass is 574 g/mol. The minimum Gasteiger partial charge on any atom is -0.497 e. The van der Waals surface area contributed by atoms with E-state index in [9.17, 15) is 14.7 Å². The van der Waals surface area contributed by atoms with E-state index in [1.165, 1.54) is 10.8 Å². The summed E-state index contributed by atoms with van der Waals surface area (Å²) in [5.74, 6) is 1.41. The Balaban J connectivity index is 1.56. The predicted molar refractivity (Wildman–Crippen MR) is 155 cm³/mol. The molecule has 0 amide bonds. The first kappa shape index (κ1) is 29.3. The summed E-state index contributed by atoms with van der Waals surface area (Å²) in [6, 6.07) is 25.2. The number of aryl methyl sites for hydroxylation is 1. The lowest BCUT2D eigenvalue weighted by Crippen LogP contribution is -2.38. The summed E-state index contributed by atoms with van der Waals surface area (Å²) in [5.41, 5.74) is 0.819. The summed E-state index contributed by atoms with van der Waals surface area (Å²) in [4.78, 5) is 26.9. The van der Waals surface area contributed by atoms with Gasteiger partial charge < -0.3 is 28.8 Å². The van der Waals surface area contributed by atoms with Crippen molar-refractivity contribution in [3.8, 4) is 11.5 Å². The van der Waals surface area contributed by atoms with Crippen molar-refractivity contribution in [1.82, 2.24) is 9.55 Å². The Bertz CT molecular complexity index is 1530. The first-order valence-electron chi connectivity index (χ1n) is 13.6. The lowest BCUT2D eigenvalue weighted by Gasteiger charge is -2.37. The second-order valence-corrected chi connectivity index (χ2v) is 9.99. The Morgan fingerprint density at radius 3 is 2.02 bits per heavy atom. The SMILES string of the molecule is COc1ccc(C(OC[C@H]2O[C@@H](n3cc(C)c(=O)[nH]c3=O)CC2OCO)(c2ccccc2)c2ccc(OC)cc2)cc1. The van der Waals surface area contributed by atoms with Crippen LogP contribution in [-0.2, 0) is 19.8 Å². The van der Waals surface area contributed by atoms with E-state index in [1.54, 1.807) is 21.1 Å². The Morgan fingerprint density at radius 2 is 1.48 bits per heavy atom. The lowest BCUT2D eigenvalue weighted by molar-refractivity contribution is -0.123. The maximum Gasteiger partial charge on any atom is 0.330 e. The molecule has 3 aromatic carbocycles. The van der Waals surface area contributed by atoms with Crippen LogP contribution in [0.5, 0.6) is 11.5 Å². The van der Waals surface area contributed by atoms with Crippen LogP contribution < -0.4 is 20.7 Å². The predicted octanol–water partition coefficient (Wildman–Crippen LogP) is 3.49. The van der Waals surface area contributed by atoms with Crippen LogP contribution in [0.2, 0.25) is 0 Å². The quantitative estimate of drug-likeness (QED) is 0.206. The average molecular weight is 575 g/mol. The number of rotatable bonds is 11. The van der Waals surface area contributed by atoms with Crippen molar-refractivity contribution < 1.29 is 28.8 Å². The number of nitrogens with one attached hydrogen (secondary N) is 1. The van der Waals surface area contributed by atoms with E-state index >= 15 is 0 Å². The maximum atomic E-state index is 12.6. The van der Waals surface area contributed by atoms with Crippen LogP contribution in [0.15, 0.2) is 94.6 Å². The molecule has 1 aromatic heterocycles. The van der Waals surface area contributed by atoms with Gasteiger partial charge in [-0.15, -0.1) is 0 Å². The van der Waals surface area contributed by atoms with Gasteiger partial charge in [-0.2, -0.15) is 0 Å². The number of hydrogen-bond donors (Lipinski definition) is 2. The minimum atomic E-state index is -1.09. The van der Waals surface area contributed by atoms with Gasteiger partial charge in [0, 0.05) is 18.2 Å². The van der Waals surface area contributed by atoms with E-state index in [1.807, 2.05) is 78.9 Å². The number of methoxy groups -OCH3 is 2. The number of ether oxygens (including phenoxy) is 5. The van der Waals surface area contributed by atoms with Gasteiger partial charge in [0.05, 0.1) is 26.9 Å². The molecule has 4 aromatic rings. The molecule has 0 spiro atoms. The van der Waals surface area contributed by atoms with Gasteiger partial charge in [-0.3, -0.25) is 14.3 Å². The molecule has 1 aliphatic heterocycles. The summed E-state index contributed by atoms with van der Waals surface area (Å²) in [6.45, 7) is 1.13. The van der Waals surface area contributed by atoms with Crippen LogP contribution in [0.25, 0.3) is 0 Å². The highest BCUT2D eigenvalue weighted by Crippen LogP contribution is 2.43. The van der Waals surface area contributed by atoms with Gasteiger partial charge in [-0.1, -0.05) is 54.6 Å². The van der Waals surface area contributed by atoms with Crippen molar-refractivity contribution in [1.29, 1.82) is 0 Å². The van der Waals surface area contributed by atoms with E-state index in [0.29, 0.717) is 17.1 Å². The standard InChI is InChI=1S/C32H34N2O8/c1-21-18-34(31(37)33-30(21)36)29-17-27(40-20-35)28(42-29)19-41-32(22-7-5-4-6-8-22,23-9-13-25(38-2)14-10-23)24-11-15-26(39-3)16-12-24/h4-16,18,27-29,35H,17,19-20H2,1-3H3,(H,33,36,37)/t27?,28-,29-/m1/s1. The van der Waals surface area contributed by atoms with Crippen molar-refractivity contribution >= 4 is 0 Å². The molecule has 5 rings (SSSR count). The van der Waals surface area contributed by atoms with E-state index in [0.717, 1.165) is 16.7 Å². The topological polar surface area (TPSA) is 121 Å². The normalized spacial score (nSPS) is 18.6. The minimum absolute atomic E-state index is 0.0468. The molecule has 220 valence electrons. The molecule has 0 bridgehead atoms. The van der Waals surface area contributed by atoms with E-state index in [4.69, 9.17) is 23.7 Å². The molecule has 1 fully saturated rings. The van der Waals surface area contributed by atoms with Crippen molar-refractivity contribution in [3.63, 3.8) is 0 Å². The molecule has 42 heavy (non-hydrogen) atoms. The van der Waals surface area contributed by atoms with Gasteiger partial charge in [-0.05, 0) is 47.9 Å². The third-order valence-corrected chi connectivity index (χ3v) is 7.56. The Hall–Kier alpha value is -4.22. The summed E-state index contributed by atoms with van der Waals surface area (Å²) in [7, 11) is 3.23. The molecule has 10 heteroatoms. The maximum absolute atomic E-state index is 12.6. The highest BCUT2D eigenvalue weighted by molar-refractivity contribution is 5.49. The summed E-state index contributed by atoms with van der Waals surface area (Å²) in [5, 5.41) is 9.64. The van der Waals surface area contributed by atoms with Gasteiger partial charge in [-0.25, -0.2) is 4.79 Å². The van der Waals surface area contributed by atoms with Crippen molar-refractivity contribution in [3.05, 3.63) is 128 Å². The zero-order valence-corrected chi connectivity index (χ0v) is 23.7. The number of aromatic amines is 1. The van der Waals surface area contributed by atoms with Crippen LogP contribution in [0.4, 0.5) is 0 Å². The van der Waals surface area contributed by atoms with E-state index in [2.05, 4.69) is 4.98 Å². The average Bonchev–Trinajstić information content (AvgIpc) is 3.42. The molecule has 0 radical (unpaired) electrons. The van der Waals surface area contributed by atoms with E-state index < -0.39 is 42.1 Å². The fourth-order valence-electron chi connectivity index (χ4n) is 5.37. The molecule has 1 aliphatic rings. The zero-order valence-electron chi connectivity index (χ0n) is 23.7. The Kier molecular flexibility index (Phi) is 8.89. The van der Waals surface area contributed by atoms with Gasteiger partial charge in [0.2, 0.25) is 0 Å². The first-order chi connectivity index (χ1) is 20.4. The summed E-state index contributed by atoms with van der Waals surface area (Å²) in [6.07, 6.45) is -0.233. The molecule has 0 aliphatic carbocycles. The number of hydrogen-bond acceptors (Lipinski definition) is 8. The largest absolute Gasteiger partial charge is 0.497 e. The van der Waals surface area contributed by atoms with E-state index in [-0.39, 0.29) is 13.0 Å². The summed E-state index contributed by atoms with van der Waals surface area (Å²) >= 11 is 0. The van der Waals surface area contributed by atoms with Crippen LogP contribution in [0, 0.1) is 6.92 Å². The molecular weight excluding hydrogens is 540 g/mol. The number of H-pyrrole nitrogens is 1. The molecule has 1 saturated heterocycles. The Morgan fingerprint density at radius 1 is 0.905 bits per heavy atom. The summed E-state index contributed by atoms with van der Waals surface area (Å²) < 4.78 is 31.0. The molecule has 0 saturated carbocycles. The molecule has 10 nitrogen and oxygen atoms in total. The van der Waals surface area contributed by atoms with Gasteiger partial charge in [0.1, 0.15) is 36.2 Å². The second kappa shape index (κ2) is 12.7. The fraction of sp³-hybridized carbons (Fsp3) is 0.312. The van der Waals surface area contributed by atoms with Gasteiger partial charge >= 0.3 is 5.69 Å². The zero-order chi connectivity index (χ0) is 29.7. The number of nitrogens with zero attached hydrogens (tertiary/aromatic N) is 1. The molecule has 3 atom stereocenters. The van der Waals surface area contributed by atoms with Gasteiger partial charge in [0.15, 0.2) is 0 Å². The third kappa shape index (κ3) is 5.75. The van der Waals surface area contributed by atoms with Crippen LogP contribution in [-0.4, -0.2) is 54.5 Å². The van der Waals surface area contributed by atoms with Crippen molar-refractivity contribution in [2.24, 2.45) is 0 Å². The number of benzene rings is 3. The smallest absolute Gasteiger partial charge is 0.330 e. The lowest BCUT2D eigenvalue weighted by atomic mass is 9.80. The number of aliphatic hydroxyl groups is 1. The first-order valence-corrected chi connectivity index (χ1v) is 13.6. The molecular formula is C32H34N2O8.